The molecule has 0 aliphatic carbocycles. The fourth-order valence-corrected chi connectivity index (χ4v) is 2.14. The SMILES string of the molecule is CC(C)c1ccc(OCC(=O)NCCSCC(=O)O)cc1. The van der Waals surface area contributed by atoms with Crippen molar-refractivity contribution in [2.24, 2.45) is 0 Å². The first-order valence-electron chi connectivity index (χ1n) is 6.78. The van der Waals surface area contributed by atoms with E-state index in [0.717, 1.165) is 0 Å². The summed E-state index contributed by atoms with van der Waals surface area (Å²) in [5.41, 5.74) is 1.22. The number of carboxylic acid groups (broad SMARTS) is 1. The highest BCUT2D eigenvalue weighted by molar-refractivity contribution is 7.99. The van der Waals surface area contributed by atoms with Gasteiger partial charge in [0.15, 0.2) is 6.61 Å². The van der Waals surface area contributed by atoms with Crippen LogP contribution in [0.4, 0.5) is 0 Å². The summed E-state index contributed by atoms with van der Waals surface area (Å²) >= 11 is 1.27. The van der Waals surface area contributed by atoms with E-state index in [0.29, 0.717) is 24.0 Å². The zero-order valence-electron chi connectivity index (χ0n) is 12.3. The van der Waals surface area contributed by atoms with Gasteiger partial charge in [0.1, 0.15) is 5.75 Å². The summed E-state index contributed by atoms with van der Waals surface area (Å²) in [4.78, 5) is 21.8. The molecule has 0 atom stereocenters. The van der Waals surface area contributed by atoms with E-state index >= 15 is 0 Å². The predicted molar refractivity (Wildman–Crippen MR) is 84.0 cm³/mol. The lowest BCUT2D eigenvalue weighted by Crippen LogP contribution is -2.30. The monoisotopic (exact) mass is 311 g/mol. The maximum absolute atomic E-state index is 11.5. The Bertz CT molecular complexity index is 459. The number of rotatable bonds is 9. The molecule has 2 N–H and O–H groups in total. The molecule has 1 aromatic carbocycles. The van der Waals surface area contributed by atoms with Crippen LogP contribution in [0.25, 0.3) is 0 Å². The molecule has 0 fully saturated rings. The van der Waals surface area contributed by atoms with Crippen molar-refractivity contribution in [3.8, 4) is 5.75 Å². The largest absolute Gasteiger partial charge is 0.484 e. The molecule has 0 saturated carbocycles. The Morgan fingerprint density at radius 1 is 1.29 bits per heavy atom. The van der Waals surface area contributed by atoms with Gasteiger partial charge in [-0.3, -0.25) is 9.59 Å². The van der Waals surface area contributed by atoms with Crippen molar-refractivity contribution in [2.75, 3.05) is 24.7 Å². The van der Waals surface area contributed by atoms with Gasteiger partial charge in [-0.2, -0.15) is 0 Å². The first-order chi connectivity index (χ1) is 9.99. The number of aliphatic carboxylic acids is 1. The first kappa shape index (κ1) is 17.4. The summed E-state index contributed by atoms with van der Waals surface area (Å²) < 4.78 is 5.38. The molecule has 0 bridgehead atoms. The van der Waals surface area contributed by atoms with E-state index in [1.54, 1.807) is 0 Å². The van der Waals surface area contributed by atoms with E-state index in [1.165, 1.54) is 17.3 Å². The van der Waals surface area contributed by atoms with E-state index in [-0.39, 0.29) is 18.3 Å². The summed E-state index contributed by atoms with van der Waals surface area (Å²) in [7, 11) is 0. The molecule has 116 valence electrons. The average Bonchev–Trinajstić information content (AvgIpc) is 2.44. The van der Waals surface area contributed by atoms with Crippen LogP contribution < -0.4 is 10.1 Å². The van der Waals surface area contributed by atoms with Gasteiger partial charge < -0.3 is 15.2 Å². The van der Waals surface area contributed by atoms with Gasteiger partial charge >= 0.3 is 5.97 Å². The third kappa shape index (κ3) is 7.60. The van der Waals surface area contributed by atoms with Crippen LogP contribution in [0.5, 0.6) is 5.75 Å². The molecule has 0 saturated heterocycles. The molecule has 1 rings (SSSR count). The number of carbonyl (C=O) groups is 2. The summed E-state index contributed by atoms with van der Waals surface area (Å²) in [5, 5.41) is 11.1. The standard InChI is InChI=1S/C15H21NO4S/c1-11(2)12-3-5-13(6-4-12)20-9-14(17)16-7-8-21-10-15(18)19/h3-6,11H,7-10H2,1-2H3,(H,16,17)(H,18,19). The van der Waals surface area contributed by atoms with Crippen LogP contribution >= 0.6 is 11.8 Å². The number of hydrogen-bond donors (Lipinski definition) is 2. The van der Waals surface area contributed by atoms with E-state index in [2.05, 4.69) is 19.2 Å². The molecular weight excluding hydrogens is 290 g/mol. The minimum Gasteiger partial charge on any atom is -0.484 e. The van der Waals surface area contributed by atoms with Crippen molar-refractivity contribution in [3.05, 3.63) is 29.8 Å². The summed E-state index contributed by atoms with van der Waals surface area (Å²) in [6.45, 7) is 4.63. The van der Waals surface area contributed by atoms with E-state index in [9.17, 15) is 9.59 Å². The van der Waals surface area contributed by atoms with Crippen molar-refractivity contribution in [1.82, 2.24) is 5.32 Å². The van der Waals surface area contributed by atoms with Crippen molar-refractivity contribution >= 4 is 23.6 Å². The molecule has 0 aromatic heterocycles. The quantitative estimate of drug-likeness (QED) is 0.683. The normalized spacial score (nSPS) is 10.4. The molecule has 0 aliphatic heterocycles. The smallest absolute Gasteiger partial charge is 0.313 e. The Morgan fingerprint density at radius 2 is 1.95 bits per heavy atom. The number of benzene rings is 1. The van der Waals surface area contributed by atoms with Crippen LogP contribution in [0.1, 0.15) is 25.3 Å². The minimum atomic E-state index is -0.848. The Morgan fingerprint density at radius 3 is 2.52 bits per heavy atom. The lowest BCUT2D eigenvalue weighted by Gasteiger charge is -2.09. The highest BCUT2D eigenvalue weighted by Gasteiger charge is 2.04. The minimum absolute atomic E-state index is 0.0371. The Balaban J connectivity index is 2.19. The van der Waals surface area contributed by atoms with E-state index in [1.807, 2.05) is 24.3 Å². The summed E-state index contributed by atoms with van der Waals surface area (Å²) in [6, 6.07) is 7.68. The highest BCUT2D eigenvalue weighted by atomic mass is 32.2. The van der Waals surface area contributed by atoms with Gasteiger partial charge in [0.2, 0.25) is 0 Å². The summed E-state index contributed by atoms with van der Waals surface area (Å²) in [5.74, 6) is 0.689. The number of carboxylic acids is 1. The van der Waals surface area contributed by atoms with E-state index in [4.69, 9.17) is 9.84 Å². The molecule has 0 radical (unpaired) electrons. The molecule has 6 heteroatoms. The average molecular weight is 311 g/mol. The number of ether oxygens (including phenoxy) is 1. The molecule has 1 aromatic rings. The number of hydrogen-bond acceptors (Lipinski definition) is 4. The van der Waals surface area contributed by atoms with Gasteiger partial charge in [0.05, 0.1) is 5.75 Å². The van der Waals surface area contributed by atoms with Gasteiger partial charge in [-0.1, -0.05) is 26.0 Å². The molecule has 1 amide bonds. The van der Waals surface area contributed by atoms with Crippen molar-refractivity contribution in [1.29, 1.82) is 0 Å². The van der Waals surface area contributed by atoms with Crippen LogP contribution in [0, 0.1) is 0 Å². The number of carbonyl (C=O) groups excluding carboxylic acids is 1. The van der Waals surface area contributed by atoms with Crippen LogP contribution in [0.15, 0.2) is 24.3 Å². The topological polar surface area (TPSA) is 75.6 Å². The molecule has 0 unspecified atom stereocenters. The molecule has 0 aliphatic rings. The lowest BCUT2D eigenvalue weighted by molar-refractivity contribution is -0.133. The zero-order valence-corrected chi connectivity index (χ0v) is 13.1. The maximum atomic E-state index is 11.5. The van der Waals surface area contributed by atoms with Gasteiger partial charge in [-0.05, 0) is 23.6 Å². The Labute approximate surface area is 129 Å². The van der Waals surface area contributed by atoms with Crippen LogP contribution in [0.2, 0.25) is 0 Å². The predicted octanol–water partition coefficient (Wildman–Crippen LogP) is 2.12. The molecular formula is C15H21NO4S. The number of thioether (sulfide) groups is 1. The zero-order chi connectivity index (χ0) is 15.7. The Hall–Kier alpha value is -1.69. The van der Waals surface area contributed by atoms with Crippen LogP contribution in [-0.2, 0) is 9.59 Å². The number of nitrogens with one attached hydrogen (secondary N) is 1. The van der Waals surface area contributed by atoms with Crippen LogP contribution in [-0.4, -0.2) is 41.6 Å². The second-order valence-electron chi connectivity index (χ2n) is 4.81. The Kier molecular flexibility index (Phi) is 7.68. The second kappa shape index (κ2) is 9.28. The fraction of sp³-hybridized carbons (Fsp3) is 0.467. The van der Waals surface area contributed by atoms with Crippen LogP contribution in [0.3, 0.4) is 0 Å². The van der Waals surface area contributed by atoms with Crippen molar-refractivity contribution in [3.63, 3.8) is 0 Å². The van der Waals surface area contributed by atoms with E-state index < -0.39 is 5.97 Å². The molecule has 0 heterocycles. The van der Waals surface area contributed by atoms with Gasteiger partial charge in [-0.15, -0.1) is 11.8 Å². The lowest BCUT2D eigenvalue weighted by atomic mass is 10.0. The highest BCUT2D eigenvalue weighted by Crippen LogP contribution is 2.18. The molecule has 21 heavy (non-hydrogen) atoms. The van der Waals surface area contributed by atoms with Crippen molar-refractivity contribution in [2.45, 2.75) is 19.8 Å². The third-order valence-corrected chi connectivity index (χ3v) is 3.65. The van der Waals surface area contributed by atoms with Gasteiger partial charge in [0, 0.05) is 12.3 Å². The third-order valence-electron chi connectivity index (χ3n) is 2.71. The fourth-order valence-electron chi connectivity index (χ4n) is 1.57. The maximum Gasteiger partial charge on any atom is 0.313 e. The van der Waals surface area contributed by atoms with Gasteiger partial charge in [-0.25, -0.2) is 0 Å². The molecule has 5 nitrogen and oxygen atoms in total. The summed E-state index contributed by atoms with van der Waals surface area (Å²) in [6.07, 6.45) is 0. The second-order valence-corrected chi connectivity index (χ2v) is 5.91. The molecule has 0 spiro atoms. The first-order valence-corrected chi connectivity index (χ1v) is 7.93. The van der Waals surface area contributed by atoms with Crippen molar-refractivity contribution < 1.29 is 19.4 Å². The number of amides is 1. The van der Waals surface area contributed by atoms with Gasteiger partial charge in [0.25, 0.3) is 5.91 Å².